The fourth-order valence-electron chi connectivity index (χ4n) is 1.54. The smallest absolute Gasteiger partial charge is 0.384 e. The lowest BCUT2D eigenvalue weighted by Gasteiger charge is -2.13. The van der Waals surface area contributed by atoms with Crippen LogP contribution in [0.3, 0.4) is 0 Å². The Morgan fingerprint density at radius 2 is 1.74 bits per heavy atom. The first-order valence-electron chi connectivity index (χ1n) is 5.20. The Kier molecular flexibility index (Phi) is 3.73. The van der Waals surface area contributed by atoms with E-state index in [0.717, 1.165) is 12.1 Å². The van der Waals surface area contributed by atoms with E-state index in [0.29, 0.717) is 0 Å². The molecule has 1 aromatic carbocycles. The second-order valence-electron chi connectivity index (χ2n) is 3.81. The molecule has 19 heavy (non-hydrogen) atoms. The van der Waals surface area contributed by atoms with Crippen LogP contribution < -0.4 is 0 Å². The van der Waals surface area contributed by atoms with Crippen molar-refractivity contribution >= 4 is 11.6 Å². The molecule has 7 heteroatoms. The number of nitrogens with zero attached hydrogens (tertiary/aromatic N) is 2. The van der Waals surface area contributed by atoms with Gasteiger partial charge in [-0.1, -0.05) is 12.1 Å². The number of aliphatic hydroxyl groups excluding tert-OH is 1. The van der Waals surface area contributed by atoms with E-state index in [9.17, 15) is 18.3 Å². The van der Waals surface area contributed by atoms with E-state index in [1.165, 1.54) is 24.5 Å². The topological polar surface area (TPSA) is 46.0 Å². The predicted octanol–water partition coefficient (Wildman–Crippen LogP) is 3.23. The van der Waals surface area contributed by atoms with E-state index >= 15 is 0 Å². The number of hydrogen-bond donors (Lipinski definition) is 1. The molecule has 0 aliphatic rings. The Balaban J connectivity index is 2.34. The quantitative estimate of drug-likeness (QED) is 0.863. The summed E-state index contributed by atoms with van der Waals surface area (Å²) in [6.45, 7) is 0. The van der Waals surface area contributed by atoms with Crippen LogP contribution in [0.5, 0.6) is 0 Å². The molecule has 0 aliphatic carbocycles. The highest BCUT2D eigenvalue weighted by molar-refractivity contribution is 6.28. The molecule has 3 nitrogen and oxygen atoms in total. The molecule has 1 N–H and O–H groups in total. The number of rotatable bonds is 2. The summed E-state index contributed by atoms with van der Waals surface area (Å²) < 4.78 is 37.7. The molecule has 1 aromatic heterocycles. The average Bonchev–Trinajstić information content (AvgIpc) is 2.38. The summed E-state index contributed by atoms with van der Waals surface area (Å²) in [6, 6.07) is 4.46. The summed E-state index contributed by atoms with van der Waals surface area (Å²) >= 11 is 5.49. The van der Waals surface area contributed by atoms with Gasteiger partial charge in [0.05, 0.1) is 5.56 Å². The standard InChI is InChI=1S/C12H8ClF3N2O/c13-11-17-5-8(6-18-11)10(19)7-2-1-3-9(4-7)12(14,15)16/h1-6,10,19H. The first-order chi connectivity index (χ1) is 8.88. The molecule has 0 fully saturated rings. The Morgan fingerprint density at radius 3 is 2.32 bits per heavy atom. The highest BCUT2D eigenvalue weighted by atomic mass is 35.5. The largest absolute Gasteiger partial charge is 0.416 e. The van der Waals surface area contributed by atoms with Gasteiger partial charge in [0.1, 0.15) is 6.10 Å². The molecule has 0 radical (unpaired) electrons. The van der Waals surface area contributed by atoms with E-state index < -0.39 is 17.8 Å². The molecule has 0 saturated carbocycles. The zero-order valence-electron chi connectivity index (χ0n) is 9.39. The Morgan fingerprint density at radius 1 is 1.11 bits per heavy atom. The zero-order valence-corrected chi connectivity index (χ0v) is 10.2. The molecule has 0 amide bonds. The lowest BCUT2D eigenvalue weighted by atomic mass is 10.0. The summed E-state index contributed by atoms with van der Waals surface area (Å²) in [5.41, 5.74) is -0.441. The molecule has 0 aliphatic heterocycles. The monoisotopic (exact) mass is 288 g/mol. The van der Waals surface area contributed by atoms with Crippen molar-refractivity contribution in [2.24, 2.45) is 0 Å². The van der Waals surface area contributed by atoms with Crippen molar-refractivity contribution in [1.82, 2.24) is 9.97 Å². The van der Waals surface area contributed by atoms with Gasteiger partial charge in [0.25, 0.3) is 0 Å². The maximum Gasteiger partial charge on any atom is 0.416 e. The van der Waals surface area contributed by atoms with E-state index in [-0.39, 0.29) is 16.4 Å². The number of aromatic nitrogens is 2. The van der Waals surface area contributed by atoms with Gasteiger partial charge < -0.3 is 5.11 Å². The van der Waals surface area contributed by atoms with Crippen LogP contribution >= 0.6 is 11.6 Å². The predicted molar refractivity (Wildman–Crippen MR) is 62.5 cm³/mol. The van der Waals surface area contributed by atoms with Crippen molar-refractivity contribution in [2.45, 2.75) is 12.3 Å². The van der Waals surface area contributed by atoms with Gasteiger partial charge in [-0.2, -0.15) is 13.2 Å². The maximum atomic E-state index is 12.6. The third-order valence-electron chi connectivity index (χ3n) is 2.49. The molecule has 1 atom stereocenters. The summed E-state index contributed by atoms with van der Waals surface area (Å²) in [5, 5.41) is 9.98. The molecule has 2 rings (SSSR count). The van der Waals surface area contributed by atoms with E-state index in [2.05, 4.69) is 9.97 Å². The first kappa shape index (κ1) is 13.8. The number of halogens is 4. The highest BCUT2D eigenvalue weighted by Gasteiger charge is 2.31. The second kappa shape index (κ2) is 5.14. The van der Waals surface area contributed by atoms with Crippen molar-refractivity contribution in [3.8, 4) is 0 Å². The van der Waals surface area contributed by atoms with Gasteiger partial charge in [-0.05, 0) is 29.3 Å². The number of benzene rings is 1. The lowest BCUT2D eigenvalue weighted by Crippen LogP contribution is -2.07. The number of alkyl halides is 3. The Bertz CT molecular complexity index is 572. The highest BCUT2D eigenvalue weighted by Crippen LogP contribution is 2.31. The molecule has 0 spiro atoms. The first-order valence-corrected chi connectivity index (χ1v) is 5.58. The molecule has 1 unspecified atom stereocenters. The fourth-order valence-corrected chi connectivity index (χ4v) is 1.64. The second-order valence-corrected chi connectivity index (χ2v) is 4.15. The van der Waals surface area contributed by atoms with Gasteiger partial charge in [0.2, 0.25) is 5.28 Å². The molecule has 0 saturated heterocycles. The third-order valence-corrected chi connectivity index (χ3v) is 2.68. The van der Waals surface area contributed by atoms with Crippen LogP contribution in [0.1, 0.15) is 22.8 Å². The average molecular weight is 289 g/mol. The summed E-state index contributed by atoms with van der Waals surface area (Å²) in [5.74, 6) is 0. The fraction of sp³-hybridized carbons (Fsp3) is 0.167. The van der Waals surface area contributed by atoms with Crippen molar-refractivity contribution < 1.29 is 18.3 Å². The van der Waals surface area contributed by atoms with Crippen molar-refractivity contribution in [1.29, 1.82) is 0 Å². The minimum atomic E-state index is -4.45. The Hall–Kier alpha value is -1.66. The summed E-state index contributed by atoms with van der Waals surface area (Å²) in [6.07, 6.45) is -3.16. The van der Waals surface area contributed by atoms with Gasteiger partial charge in [0, 0.05) is 18.0 Å². The van der Waals surface area contributed by atoms with Crippen LogP contribution in [0, 0.1) is 0 Å². The lowest BCUT2D eigenvalue weighted by molar-refractivity contribution is -0.137. The van der Waals surface area contributed by atoms with Crippen LogP contribution in [0.15, 0.2) is 36.7 Å². The molecular weight excluding hydrogens is 281 g/mol. The van der Waals surface area contributed by atoms with Gasteiger partial charge in [-0.15, -0.1) is 0 Å². The molecular formula is C12H8ClF3N2O. The summed E-state index contributed by atoms with van der Waals surface area (Å²) in [7, 11) is 0. The van der Waals surface area contributed by atoms with Crippen LogP contribution in [0.25, 0.3) is 0 Å². The van der Waals surface area contributed by atoms with Gasteiger partial charge in [-0.25, -0.2) is 9.97 Å². The van der Waals surface area contributed by atoms with Gasteiger partial charge >= 0.3 is 6.18 Å². The van der Waals surface area contributed by atoms with Crippen molar-refractivity contribution in [3.05, 3.63) is 58.6 Å². The van der Waals surface area contributed by atoms with Crippen molar-refractivity contribution in [3.63, 3.8) is 0 Å². The Labute approximate surface area is 111 Å². The minimum absolute atomic E-state index is 0.00000719. The van der Waals surface area contributed by atoms with E-state index in [1.54, 1.807) is 0 Å². The molecule has 100 valence electrons. The number of aliphatic hydroxyl groups is 1. The van der Waals surface area contributed by atoms with Gasteiger partial charge in [-0.3, -0.25) is 0 Å². The van der Waals surface area contributed by atoms with E-state index in [1.807, 2.05) is 0 Å². The molecule has 0 bridgehead atoms. The summed E-state index contributed by atoms with van der Waals surface area (Å²) in [4.78, 5) is 7.34. The molecule has 1 heterocycles. The number of hydrogen-bond acceptors (Lipinski definition) is 3. The third kappa shape index (κ3) is 3.21. The van der Waals surface area contributed by atoms with Gasteiger partial charge in [0.15, 0.2) is 0 Å². The van der Waals surface area contributed by atoms with Crippen LogP contribution in [0.2, 0.25) is 5.28 Å². The van der Waals surface area contributed by atoms with Crippen LogP contribution in [0.4, 0.5) is 13.2 Å². The maximum absolute atomic E-state index is 12.6. The zero-order chi connectivity index (χ0) is 14.0. The van der Waals surface area contributed by atoms with Crippen molar-refractivity contribution in [2.75, 3.05) is 0 Å². The SMILES string of the molecule is OC(c1cnc(Cl)nc1)c1cccc(C(F)(F)F)c1. The van der Waals surface area contributed by atoms with Crippen LogP contribution in [-0.2, 0) is 6.18 Å². The normalized spacial score (nSPS) is 13.3. The molecule has 2 aromatic rings. The van der Waals surface area contributed by atoms with Crippen LogP contribution in [-0.4, -0.2) is 15.1 Å². The van der Waals surface area contributed by atoms with E-state index in [4.69, 9.17) is 11.6 Å². The minimum Gasteiger partial charge on any atom is -0.384 e.